The summed E-state index contributed by atoms with van der Waals surface area (Å²) in [6.07, 6.45) is 1.88. The molecular weight excluding hydrogens is 208 g/mol. The molecule has 0 unspecified atom stereocenters. The number of hydrogen-bond acceptors (Lipinski definition) is 3. The van der Waals surface area contributed by atoms with Crippen molar-refractivity contribution in [1.29, 1.82) is 0 Å². The van der Waals surface area contributed by atoms with Crippen molar-refractivity contribution in [1.82, 2.24) is 4.90 Å². The normalized spacial score (nSPS) is 11.3. The van der Waals surface area contributed by atoms with Crippen LogP contribution >= 0.6 is 12.2 Å². The van der Waals surface area contributed by atoms with Gasteiger partial charge in [0.2, 0.25) is 0 Å². The van der Waals surface area contributed by atoms with Crippen molar-refractivity contribution in [2.75, 3.05) is 26.3 Å². The van der Waals surface area contributed by atoms with Crippen LogP contribution in [0.2, 0.25) is 0 Å². The van der Waals surface area contributed by atoms with Gasteiger partial charge in [-0.1, -0.05) is 12.2 Å². The fourth-order valence-corrected chi connectivity index (χ4v) is 1.49. The van der Waals surface area contributed by atoms with Gasteiger partial charge in [0.05, 0.1) is 4.99 Å². The summed E-state index contributed by atoms with van der Waals surface area (Å²) < 4.78 is 5.31. The maximum atomic E-state index is 5.50. The van der Waals surface area contributed by atoms with Gasteiger partial charge in [-0.25, -0.2) is 0 Å². The Hall–Kier alpha value is -0.190. The van der Waals surface area contributed by atoms with Crippen molar-refractivity contribution >= 4 is 17.2 Å². The first-order valence-electron chi connectivity index (χ1n) is 5.68. The minimum atomic E-state index is 0.543. The monoisotopic (exact) mass is 232 g/mol. The van der Waals surface area contributed by atoms with Crippen molar-refractivity contribution in [3.63, 3.8) is 0 Å². The Morgan fingerprint density at radius 3 is 2.53 bits per heavy atom. The smallest absolute Gasteiger partial charge is 0.0740 e. The third-order valence-corrected chi connectivity index (χ3v) is 2.52. The first kappa shape index (κ1) is 14.8. The third-order valence-electron chi connectivity index (χ3n) is 2.31. The van der Waals surface area contributed by atoms with E-state index >= 15 is 0 Å². The highest BCUT2D eigenvalue weighted by molar-refractivity contribution is 7.80. The van der Waals surface area contributed by atoms with Crippen LogP contribution < -0.4 is 5.73 Å². The summed E-state index contributed by atoms with van der Waals surface area (Å²) in [4.78, 5) is 2.99. The molecule has 0 fully saturated rings. The van der Waals surface area contributed by atoms with Crippen molar-refractivity contribution in [2.24, 2.45) is 5.73 Å². The molecule has 0 bridgehead atoms. The van der Waals surface area contributed by atoms with Gasteiger partial charge in [-0.2, -0.15) is 0 Å². The second-order valence-corrected chi connectivity index (χ2v) is 4.42. The van der Waals surface area contributed by atoms with E-state index in [-0.39, 0.29) is 0 Å². The Morgan fingerprint density at radius 2 is 2.07 bits per heavy atom. The van der Waals surface area contributed by atoms with Crippen LogP contribution in [0.15, 0.2) is 0 Å². The van der Waals surface area contributed by atoms with E-state index in [1.165, 1.54) is 0 Å². The molecule has 2 N–H and O–H groups in total. The van der Waals surface area contributed by atoms with Crippen LogP contribution in [-0.4, -0.2) is 42.2 Å². The van der Waals surface area contributed by atoms with E-state index in [9.17, 15) is 0 Å². The Labute approximate surface area is 99.0 Å². The Kier molecular flexibility index (Phi) is 8.95. The van der Waals surface area contributed by atoms with Crippen LogP contribution in [0.4, 0.5) is 0 Å². The molecule has 0 aliphatic rings. The predicted molar refractivity (Wildman–Crippen MR) is 69.2 cm³/mol. The van der Waals surface area contributed by atoms with Crippen LogP contribution in [-0.2, 0) is 4.74 Å². The second kappa shape index (κ2) is 9.07. The molecule has 0 aromatic rings. The van der Waals surface area contributed by atoms with Gasteiger partial charge in [-0.15, -0.1) is 0 Å². The molecule has 0 aliphatic carbocycles. The maximum Gasteiger partial charge on any atom is 0.0740 e. The highest BCUT2D eigenvalue weighted by Crippen LogP contribution is 2.01. The SMILES string of the molecule is CCOCCCN(CCC(N)=S)C(C)C. The van der Waals surface area contributed by atoms with Gasteiger partial charge < -0.3 is 15.4 Å². The number of rotatable bonds is 9. The predicted octanol–water partition coefficient (Wildman–Crippen LogP) is 1.80. The fraction of sp³-hybridized carbons (Fsp3) is 0.909. The van der Waals surface area contributed by atoms with E-state index in [0.29, 0.717) is 11.0 Å². The lowest BCUT2D eigenvalue weighted by atomic mass is 10.2. The third kappa shape index (κ3) is 8.78. The fourth-order valence-electron chi connectivity index (χ4n) is 1.40. The van der Waals surface area contributed by atoms with Gasteiger partial charge in [0.15, 0.2) is 0 Å². The number of thiocarbonyl (C=S) groups is 1. The zero-order chi connectivity index (χ0) is 11.7. The van der Waals surface area contributed by atoms with Gasteiger partial charge in [-0.05, 0) is 27.2 Å². The first-order chi connectivity index (χ1) is 7.07. The van der Waals surface area contributed by atoms with E-state index in [2.05, 4.69) is 18.7 Å². The molecule has 3 nitrogen and oxygen atoms in total. The van der Waals surface area contributed by atoms with E-state index < -0.39 is 0 Å². The lowest BCUT2D eigenvalue weighted by Crippen LogP contribution is -2.35. The molecule has 0 heterocycles. The molecule has 0 atom stereocenters. The van der Waals surface area contributed by atoms with Gasteiger partial charge in [0, 0.05) is 38.8 Å². The molecule has 0 aromatic carbocycles. The van der Waals surface area contributed by atoms with Crippen molar-refractivity contribution < 1.29 is 4.74 Å². The Balaban J connectivity index is 3.68. The molecule has 0 radical (unpaired) electrons. The summed E-state index contributed by atoms with van der Waals surface area (Å²) in [6, 6.07) is 0.543. The van der Waals surface area contributed by atoms with Gasteiger partial charge in [0.1, 0.15) is 0 Å². The summed E-state index contributed by atoms with van der Waals surface area (Å²) >= 11 is 4.88. The van der Waals surface area contributed by atoms with E-state index in [1.54, 1.807) is 0 Å². The molecular formula is C11H24N2OS. The first-order valence-corrected chi connectivity index (χ1v) is 6.08. The summed E-state index contributed by atoms with van der Waals surface area (Å²) in [5, 5.41) is 0. The topological polar surface area (TPSA) is 38.5 Å². The van der Waals surface area contributed by atoms with Crippen LogP contribution in [0.3, 0.4) is 0 Å². The zero-order valence-corrected chi connectivity index (χ0v) is 11.0. The Bertz CT molecular complexity index is 174. The highest BCUT2D eigenvalue weighted by atomic mass is 32.1. The van der Waals surface area contributed by atoms with E-state index in [4.69, 9.17) is 22.7 Å². The molecule has 4 heteroatoms. The molecule has 0 aliphatic heterocycles. The van der Waals surface area contributed by atoms with Crippen LogP contribution in [0, 0.1) is 0 Å². The van der Waals surface area contributed by atoms with E-state index in [0.717, 1.165) is 39.1 Å². The lowest BCUT2D eigenvalue weighted by molar-refractivity contribution is 0.126. The molecule has 90 valence electrons. The summed E-state index contributed by atoms with van der Waals surface area (Å²) in [5.74, 6) is 0. The zero-order valence-electron chi connectivity index (χ0n) is 10.2. The van der Waals surface area contributed by atoms with Crippen LogP contribution in [0.25, 0.3) is 0 Å². The number of hydrogen-bond donors (Lipinski definition) is 1. The molecule has 15 heavy (non-hydrogen) atoms. The number of nitrogens with two attached hydrogens (primary N) is 1. The summed E-state index contributed by atoms with van der Waals surface area (Å²) in [7, 11) is 0. The maximum absolute atomic E-state index is 5.50. The van der Waals surface area contributed by atoms with Gasteiger partial charge in [-0.3, -0.25) is 0 Å². The lowest BCUT2D eigenvalue weighted by Gasteiger charge is -2.26. The standard InChI is InChI=1S/C11H24N2OS/c1-4-14-9-5-7-13(10(2)3)8-6-11(12)15/h10H,4-9H2,1-3H3,(H2,12,15). The molecule has 0 saturated heterocycles. The largest absolute Gasteiger partial charge is 0.393 e. The number of nitrogens with zero attached hydrogens (tertiary/aromatic N) is 1. The molecule has 0 amide bonds. The number of ether oxygens (including phenoxy) is 1. The highest BCUT2D eigenvalue weighted by Gasteiger charge is 2.08. The molecule has 0 rings (SSSR count). The van der Waals surface area contributed by atoms with Crippen molar-refractivity contribution in [3.05, 3.63) is 0 Å². The van der Waals surface area contributed by atoms with E-state index in [1.807, 2.05) is 6.92 Å². The van der Waals surface area contributed by atoms with Crippen LogP contribution in [0.1, 0.15) is 33.6 Å². The quantitative estimate of drug-likeness (QED) is 0.486. The van der Waals surface area contributed by atoms with Crippen LogP contribution in [0.5, 0.6) is 0 Å². The Morgan fingerprint density at radius 1 is 1.40 bits per heavy atom. The minimum absolute atomic E-state index is 0.543. The average Bonchev–Trinajstić information content (AvgIpc) is 2.15. The average molecular weight is 232 g/mol. The molecule has 0 spiro atoms. The molecule has 0 aromatic heterocycles. The van der Waals surface area contributed by atoms with Crippen molar-refractivity contribution in [2.45, 2.75) is 39.7 Å². The summed E-state index contributed by atoms with van der Waals surface area (Å²) in [6.45, 7) is 10.1. The van der Waals surface area contributed by atoms with Crippen molar-refractivity contribution in [3.8, 4) is 0 Å². The second-order valence-electron chi connectivity index (χ2n) is 3.90. The molecule has 0 saturated carbocycles. The van der Waals surface area contributed by atoms with Gasteiger partial charge >= 0.3 is 0 Å². The summed E-state index contributed by atoms with van der Waals surface area (Å²) in [5.41, 5.74) is 5.50. The van der Waals surface area contributed by atoms with Gasteiger partial charge in [0.25, 0.3) is 0 Å². The minimum Gasteiger partial charge on any atom is -0.393 e.